The average molecular weight is 395 g/mol. The lowest BCUT2D eigenvalue weighted by Gasteiger charge is -2.00. The predicted molar refractivity (Wildman–Crippen MR) is 105 cm³/mol. The van der Waals surface area contributed by atoms with Crippen molar-refractivity contribution < 1.29 is 21.4 Å². The van der Waals surface area contributed by atoms with E-state index in [2.05, 4.69) is 22.7 Å². The molecule has 0 fully saturated rings. The molecule has 0 bridgehead atoms. The Morgan fingerprint density at radius 3 is 1.88 bits per heavy atom. The summed E-state index contributed by atoms with van der Waals surface area (Å²) in [5, 5.41) is -0.379. The summed E-state index contributed by atoms with van der Waals surface area (Å²) >= 11 is 0.184. The second-order valence-electron chi connectivity index (χ2n) is 6.29. The Balaban J connectivity index is 3.28. The van der Waals surface area contributed by atoms with Gasteiger partial charge in [-0.3, -0.25) is 9.35 Å². The first kappa shape index (κ1) is 24.6. The Morgan fingerprint density at radius 1 is 0.880 bits per heavy atom. The molecule has 0 atom stereocenters. The van der Waals surface area contributed by atoms with Gasteiger partial charge in [0.05, 0.1) is 12.0 Å². The molecule has 0 aliphatic heterocycles. The molecule has 7 heteroatoms. The van der Waals surface area contributed by atoms with E-state index in [1.807, 2.05) is 0 Å². The van der Waals surface area contributed by atoms with Gasteiger partial charge in [-0.05, 0) is 32.1 Å². The molecule has 1 N–H and O–H groups in total. The lowest BCUT2D eigenvalue weighted by atomic mass is 10.1. The van der Waals surface area contributed by atoms with Crippen LogP contribution < -0.4 is 0 Å². The number of rotatable bonds is 17. The molecule has 0 amide bonds. The summed E-state index contributed by atoms with van der Waals surface area (Å²) in [7, 11) is -4.54. The summed E-state index contributed by atoms with van der Waals surface area (Å²) in [6, 6.07) is 0. The molecular weight excluding hydrogens is 360 g/mol. The number of unbranched alkanes of at least 4 members (excludes halogenated alkanes) is 11. The van der Waals surface area contributed by atoms with Gasteiger partial charge in [0, 0.05) is 6.42 Å². The van der Waals surface area contributed by atoms with E-state index < -0.39 is 10.4 Å². The largest absolute Gasteiger partial charge is 0.408 e. The summed E-state index contributed by atoms with van der Waals surface area (Å²) in [5.74, 6) is 0. The van der Waals surface area contributed by atoms with Crippen molar-refractivity contribution in [1.29, 1.82) is 0 Å². The number of hydrogen-bond donors (Lipinski definition) is 1. The molecule has 25 heavy (non-hydrogen) atoms. The molecule has 0 heterocycles. The fourth-order valence-corrected chi connectivity index (χ4v) is 3.34. The molecule has 0 saturated carbocycles. The second kappa shape index (κ2) is 17.1. The molecule has 0 aromatic carbocycles. The van der Waals surface area contributed by atoms with E-state index in [0.717, 1.165) is 25.7 Å². The SMILES string of the molecule is CCCCCCCC/C=C\CCCCCCCC(=O)SOS(=O)(=O)O. The lowest BCUT2D eigenvalue weighted by molar-refractivity contribution is -0.111. The minimum atomic E-state index is -4.54. The van der Waals surface area contributed by atoms with Crippen molar-refractivity contribution in [3.63, 3.8) is 0 Å². The molecular formula is C18H34O5S2. The van der Waals surface area contributed by atoms with E-state index >= 15 is 0 Å². The van der Waals surface area contributed by atoms with Gasteiger partial charge in [0.1, 0.15) is 0 Å². The first-order valence-corrected chi connectivity index (χ1v) is 11.6. The Kier molecular flexibility index (Phi) is 16.8. The van der Waals surface area contributed by atoms with Crippen LogP contribution in [-0.2, 0) is 18.8 Å². The molecule has 0 unspecified atom stereocenters. The molecule has 0 rings (SSSR count). The maximum absolute atomic E-state index is 11.3. The van der Waals surface area contributed by atoms with Crippen LogP contribution in [0.1, 0.15) is 96.8 Å². The van der Waals surface area contributed by atoms with Gasteiger partial charge < -0.3 is 0 Å². The Bertz CT molecular complexity index is 446. The van der Waals surface area contributed by atoms with Crippen molar-refractivity contribution in [1.82, 2.24) is 0 Å². The topological polar surface area (TPSA) is 80.7 Å². The van der Waals surface area contributed by atoms with Crippen molar-refractivity contribution in [3.05, 3.63) is 12.2 Å². The zero-order valence-electron chi connectivity index (χ0n) is 15.5. The van der Waals surface area contributed by atoms with Crippen LogP contribution in [0.5, 0.6) is 0 Å². The quantitative estimate of drug-likeness (QED) is 0.141. The van der Waals surface area contributed by atoms with Gasteiger partial charge >= 0.3 is 10.4 Å². The van der Waals surface area contributed by atoms with Gasteiger partial charge in [0.15, 0.2) is 0 Å². The standard InChI is InChI=1S/C18H34O5S2/c1-2-3-4-5-6-7-8-9-10-11-12-13-14-15-16-17-18(19)24-23-25(20,21)22/h9-10H,2-8,11-17H2,1H3,(H,20,21,22)/b10-9-. The summed E-state index contributed by atoms with van der Waals surface area (Å²) < 4.78 is 32.9. The molecule has 0 saturated heterocycles. The molecule has 0 aromatic rings. The molecule has 0 spiro atoms. The highest BCUT2D eigenvalue weighted by Crippen LogP contribution is 2.15. The van der Waals surface area contributed by atoms with Gasteiger partial charge in [0.2, 0.25) is 5.12 Å². The fourth-order valence-electron chi connectivity index (χ4n) is 2.46. The van der Waals surface area contributed by atoms with Crippen molar-refractivity contribution in [2.75, 3.05) is 0 Å². The molecule has 0 radical (unpaired) electrons. The van der Waals surface area contributed by atoms with Crippen molar-refractivity contribution in [3.8, 4) is 0 Å². The van der Waals surface area contributed by atoms with E-state index in [1.54, 1.807) is 0 Å². The highest BCUT2D eigenvalue weighted by atomic mass is 32.3. The van der Waals surface area contributed by atoms with Gasteiger partial charge in [0.25, 0.3) is 0 Å². The number of carbonyl (C=O) groups excluding carboxylic acids is 1. The minimum Gasteiger partial charge on any atom is -0.285 e. The van der Waals surface area contributed by atoms with Crippen LogP contribution in [0.3, 0.4) is 0 Å². The molecule has 0 aliphatic carbocycles. The maximum atomic E-state index is 11.3. The smallest absolute Gasteiger partial charge is 0.285 e. The minimum absolute atomic E-state index is 0.184. The van der Waals surface area contributed by atoms with E-state index in [9.17, 15) is 13.2 Å². The van der Waals surface area contributed by atoms with Gasteiger partial charge in [-0.15, -0.1) is 0 Å². The van der Waals surface area contributed by atoms with E-state index in [1.165, 1.54) is 51.4 Å². The van der Waals surface area contributed by atoms with Crippen LogP contribution in [0.4, 0.5) is 0 Å². The third kappa shape index (κ3) is 21.6. The average Bonchev–Trinajstić information content (AvgIpc) is 2.56. The maximum Gasteiger partial charge on any atom is 0.408 e. The highest BCUT2D eigenvalue weighted by Gasteiger charge is 2.10. The van der Waals surface area contributed by atoms with Crippen molar-refractivity contribution >= 4 is 27.6 Å². The Hall–Kier alpha value is -0.370. The van der Waals surface area contributed by atoms with Crippen LogP contribution in [0.25, 0.3) is 0 Å². The molecule has 0 aromatic heterocycles. The van der Waals surface area contributed by atoms with E-state index in [0.29, 0.717) is 6.42 Å². The van der Waals surface area contributed by atoms with E-state index in [-0.39, 0.29) is 23.6 Å². The fraction of sp³-hybridized carbons (Fsp3) is 0.833. The lowest BCUT2D eigenvalue weighted by Crippen LogP contribution is -2.01. The van der Waals surface area contributed by atoms with Crippen LogP contribution in [0.2, 0.25) is 0 Å². The zero-order chi connectivity index (χ0) is 18.8. The van der Waals surface area contributed by atoms with Crippen LogP contribution >= 0.6 is 12.0 Å². The summed E-state index contributed by atoms with van der Waals surface area (Å²) in [6.07, 6.45) is 20.2. The van der Waals surface area contributed by atoms with Gasteiger partial charge in [-0.1, -0.05) is 70.4 Å². The third-order valence-corrected chi connectivity index (χ3v) is 5.21. The zero-order valence-corrected chi connectivity index (χ0v) is 17.1. The summed E-state index contributed by atoms with van der Waals surface area (Å²) in [4.78, 5) is 11.3. The van der Waals surface area contributed by atoms with Crippen LogP contribution in [-0.4, -0.2) is 18.1 Å². The highest BCUT2D eigenvalue weighted by molar-refractivity contribution is 8.14. The van der Waals surface area contributed by atoms with Crippen LogP contribution in [0, 0.1) is 0 Å². The first-order chi connectivity index (χ1) is 12.0. The van der Waals surface area contributed by atoms with Crippen molar-refractivity contribution in [2.24, 2.45) is 0 Å². The first-order valence-electron chi connectivity index (χ1n) is 9.47. The predicted octanol–water partition coefficient (Wildman–Crippen LogP) is 6.02. The second-order valence-corrected chi connectivity index (χ2v) is 8.31. The number of hydrogen-bond acceptors (Lipinski definition) is 5. The Morgan fingerprint density at radius 2 is 1.36 bits per heavy atom. The molecule has 0 aliphatic rings. The van der Waals surface area contributed by atoms with Gasteiger partial charge in [-0.2, -0.15) is 12.0 Å². The van der Waals surface area contributed by atoms with Crippen molar-refractivity contribution in [2.45, 2.75) is 96.8 Å². The number of carbonyl (C=O) groups is 1. The van der Waals surface area contributed by atoms with Gasteiger partial charge in [-0.25, -0.2) is 0 Å². The monoisotopic (exact) mass is 394 g/mol. The Labute approximate surface area is 158 Å². The molecule has 5 nitrogen and oxygen atoms in total. The molecule has 148 valence electrons. The normalized spacial score (nSPS) is 12.1. The summed E-state index contributed by atoms with van der Waals surface area (Å²) in [6.45, 7) is 2.24. The third-order valence-electron chi connectivity index (χ3n) is 3.86. The number of allylic oxidation sites excluding steroid dienone is 2. The summed E-state index contributed by atoms with van der Waals surface area (Å²) in [5.41, 5.74) is 0. The van der Waals surface area contributed by atoms with Crippen LogP contribution in [0.15, 0.2) is 12.2 Å². The van der Waals surface area contributed by atoms with E-state index in [4.69, 9.17) is 4.55 Å².